The number of hydrogen-bond acceptors (Lipinski definition) is 3. The molecule has 1 aromatic carbocycles. The Balaban J connectivity index is 2.48. The van der Waals surface area contributed by atoms with E-state index < -0.39 is 15.5 Å². The number of alkyl halides is 3. The number of nitrogens with zero attached hydrogens (tertiary/aromatic N) is 1. The van der Waals surface area contributed by atoms with E-state index in [1.165, 1.54) is 17.9 Å². The number of hydrogen-bond donors (Lipinski definition) is 1. The van der Waals surface area contributed by atoms with Crippen molar-refractivity contribution in [3.05, 3.63) is 23.3 Å². The first-order valence-electron chi connectivity index (χ1n) is 7.46. The van der Waals surface area contributed by atoms with Crippen LogP contribution in [0.1, 0.15) is 37.3 Å². The summed E-state index contributed by atoms with van der Waals surface area (Å²) in [5.74, 6) is -0.120. The lowest BCUT2D eigenvalue weighted by molar-refractivity contribution is -0.120. The van der Waals surface area contributed by atoms with Crippen molar-refractivity contribution in [1.82, 2.24) is 0 Å². The quantitative estimate of drug-likeness (QED) is 0.893. The van der Waals surface area contributed by atoms with Gasteiger partial charge in [0.1, 0.15) is 0 Å². The lowest BCUT2D eigenvalue weighted by Gasteiger charge is -2.35. The third-order valence-corrected chi connectivity index (χ3v) is 5.17. The number of benzene rings is 1. The van der Waals surface area contributed by atoms with Gasteiger partial charge >= 0.3 is 15.5 Å². The Bertz CT molecular complexity index is 760. The molecule has 5 nitrogen and oxygen atoms in total. The van der Waals surface area contributed by atoms with Crippen LogP contribution in [0.25, 0.3) is 0 Å². The second kappa shape index (κ2) is 6.27. The van der Waals surface area contributed by atoms with E-state index in [4.69, 9.17) is 0 Å². The molecule has 1 fully saturated rings. The van der Waals surface area contributed by atoms with Crippen molar-refractivity contribution in [2.45, 2.75) is 51.6 Å². The van der Waals surface area contributed by atoms with E-state index in [9.17, 15) is 26.4 Å². The average Bonchev–Trinajstić information content (AvgIpc) is 2.41. The highest BCUT2D eigenvalue weighted by molar-refractivity contribution is 7.93. The molecule has 1 aliphatic heterocycles. The van der Waals surface area contributed by atoms with Crippen LogP contribution >= 0.6 is 0 Å². The van der Waals surface area contributed by atoms with Crippen LogP contribution in [0.15, 0.2) is 12.1 Å². The van der Waals surface area contributed by atoms with Gasteiger partial charge in [-0.25, -0.2) is 0 Å². The molecule has 1 amide bonds. The van der Waals surface area contributed by atoms with Gasteiger partial charge in [-0.3, -0.25) is 9.52 Å². The molecule has 1 saturated heterocycles. The average molecular weight is 364 g/mol. The van der Waals surface area contributed by atoms with E-state index in [1.807, 2.05) is 6.92 Å². The van der Waals surface area contributed by atoms with E-state index in [0.717, 1.165) is 12.8 Å². The number of halogens is 3. The van der Waals surface area contributed by atoms with Crippen molar-refractivity contribution in [3.8, 4) is 0 Å². The third kappa shape index (κ3) is 3.50. The van der Waals surface area contributed by atoms with Gasteiger partial charge in [-0.2, -0.15) is 21.6 Å². The van der Waals surface area contributed by atoms with E-state index in [1.54, 1.807) is 17.7 Å². The van der Waals surface area contributed by atoms with Gasteiger partial charge in [0.15, 0.2) is 0 Å². The fraction of sp³-hybridized carbons (Fsp3) is 0.533. The number of piperidine rings is 1. The minimum Gasteiger partial charge on any atom is -0.309 e. The fourth-order valence-electron chi connectivity index (χ4n) is 2.83. The highest BCUT2D eigenvalue weighted by atomic mass is 32.2. The van der Waals surface area contributed by atoms with Gasteiger partial charge in [-0.1, -0.05) is 6.07 Å². The molecule has 2 rings (SSSR count). The largest absolute Gasteiger partial charge is 0.516 e. The lowest BCUT2D eigenvalue weighted by atomic mass is 9.99. The highest BCUT2D eigenvalue weighted by Gasteiger charge is 2.46. The molecule has 0 bridgehead atoms. The van der Waals surface area contributed by atoms with E-state index in [-0.39, 0.29) is 17.6 Å². The van der Waals surface area contributed by atoms with E-state index in [2.05, 4.69) is 0 Å². The summed E-state index contributed by atoms with van der Waals surface area (Å²) in [5, 5.41) is 0. The summed E-state index contributed by atoms with van der Waals surface area (Å²) >= 11 is 0. The molecule has 1 aliphatic rings. The van der Waals surface area contributed by atoms with Gasteiger partial charge in [0.25, 0.3) is 0 Å². The van der Waals surface area contributed by atoms with E-state index >= 15 is 0 Å². The summed E-state index contributed by atoms with van der Waals surface area (Å²) in [6, 6.07) is 2.77. The standard InChI is InChI=1S/C15H19F3N2O3S/c1-9-7-10(2)13(20-11(3)5-4-6-14(20)21)8-12(9)19-24(22,23)15(16,17)18/h7-8,11,19H,4-6H2,1-3H3. The minimum atomic E-state index is -5.51. The van der Waals surface area contributed by atoms with Crippen LogP contribution in [0.3, 0.4) is 0 Å². The lowest BCUT2D eigenvalue weighted by Crippen LogP contribution is -2.42. The van der Waals surface area contributed by atoms with Crippen molar-refractivity contribution in [2.24, 2.45) is 0 Å². The van der Waals surface area contributed by atoms with Crippen molar-refractivity contribution in [1.29, 1.82) is 0 Å². The molecule has 134 valence electrons. The zero-order valence-electron chi connectivity index (χ0n) is 13.6. The van der Waals surface area contributed by atoms with Crippen LogP contribution in [0, 0.1) is 13.8 Å². The topological polar surface area (TPSA) is 66.5 Å². The van der Waals surface area contributed by atoms with Gasteiger partial charge in [0.2, 0.25) is 5.91 Å². The first-order chi connectivity index (χ1) is 10.9. The van der Waals surface area contributed by atoms with Crippen LogP contribution in [0.4, 0.5) is 24.5 Å². The van der Waals surface area contributed by atoms with Crippen molar-refractivity contribution in [3.63, 3.8) is 0 Å². The normalized spacial score (nSPS) is 19.5. The first-order valence-corrected chi connectivity index (χ1v) is 8.95. The zero-order valence-corrected chi connectivity index (χ0v) is 14.4. The Kier molecular flexibility index (Phi) is 4.85. The second-order valence-electron chi connectivity index (χ2n) is 6.01. The van der Waals surface area contributed by atoms with Crippen LogP contribution in [0.5, 0.6) is 0 Å². The molecule has 24 heavy (non-hydrogen) atoms. The number of carbonyl (C=O) groups is 1. The first kappa shape index (κ1) is 18.6. The molecule has 1 heterocycles. The van der Waals surface area contributed by atoms with Gasteiger partial charge in [0.05, 0.1) is 5.69 Å². The molecule has 1 N–H and O–H groups in total. The molecular weight excluding hydrogens is 345 g/mol. The molecule has 0 spiro atoms. The molecule has 1 unspecified atom stereocenters. The molecule has 1 atom stereocenters. The van der Waals surface area contributed by atoms with Crippen LogP contribution in [-0.4, -0.2) is 25.9 Å². The minimum absolute atomic E-state index is 0.0975. The predicted molar refractivity (Wildman–Crippen MR) is 85.3 cm³/mol. The summed E-state index contributed by atoms with van der Waals surface area (Å²) in [6.07, 6.45) is 1.90. The summed E-state index contributed by atoms with van der Waals surface area (Å²) < 4.78 is 62.1. The SMILES string of the molecule is Cc1cc(C)c(N2C(=O)CCCC2C)cc1NS(=O)(=O)C(F)(F)F. The highest BCUT2D eigenvalue weighted by Crippen LogP contribution is 2.34. The van der Waals surface area contributed by atoms with Gasteiger partial charge in [-0.15, -0.1) is 0 Å². The maximum absolute atomic E-state index is 12.6. The Morgan fingerprint density at radius 3 is 2.38 bits per heavy atom. The summed E-state index contributed by atoms with van der Waals surface area (Å²) in [7, 11) is -5.51. The van der Waals surface area contributed by atoms with Crippen molar-refractivity contribution in [2.75, 3.05) is 9.62 Å². The fourth-order valence-corrected chi connectivity index (χ4v) is 3.45. The molecule has 9 heteroatoms. The Morgan fingerprint density at radius 1 is 1.21 bits per heavy atom. The molecule has 1 aromatic rings. The number of amides is 1. The maximum Gasteiger partial charge on any atom is 0.516 e. The number of sulfonamides is 1. The summed E-state index contributed by atoms with van der Waals surface area (Å²) in [5.41, 5.74) is -4.11. The number of carbonyl (C=O) groups excluding carboxylic acids is 1. The number of nitrogens with one attached hydrogen (secondary N) is 1. The van der Waals surface area contributed by atoms with Crippen molar-refractivity contribution < 1.29 is 26.4 Å². The molecule has 0 saturated carbocycles. The Morgan fingerprint density at radius 2 is 1.83 bits per heavy atom. The number of anilines is 2. The molecule has 0 aromatic heterocycles. The zero-order chi connectivity index (χ0) is 18.3. The molecular formula is C15H19F3N2O3S. The summed E-state index contributed by atoms with van der Waals surface area (Å²) in [6.45, 7) is 5.10. The molecule has 0 aliphatic carbocycles. The van der Waals surface area contributed by atoms with Crippen LogP contribution in [-0.2, 0) is 14.8 Å². The van der Waals surface area contributed by atoms with Crippen LogP contribution in [0.2, 0.25) is 0 Å². The van der Waals surface area contributed by atoms with Gasteiger partial charge < -0.3 is 4.90 Å². The monoisotopic (exact) mass is 364 g/mol. The number of rotatable bonds is 3. The Hall–Kier alpha value is -1.77. The Labute approximate surface area is 138 Å². The molecule has 0 radical (unpaired) electrons. The van der Waals surface area contributed by atoms with Gasteiger partial charge in [0, 0.05) is 18.2 Å². The summed E-state index contributed by atoms with van der Waals surface area (Å²) in [4.78, 5) is 13.7. The maximum atomic E-state index is 12.6. The number of aryl methyl sites for hydroxylation is 2. The predicted octanol–water partition coefficient (Wildman–Crippen LogP) is 3.47. The third-order valence-electron chi connectivity index (χ3n) is 4.07. The second-order valence-corrected chi connectivity index (χ2v) is 7.68. The smallest absolute Gasteiger partial charge is 0.309 e. The van der Waals surface area contributed by atoms with Gasteiger partial charge in [-0.05, 0) is 50.8 Å². The van der Waals surface area contributed by atoms with E-state index in [0.29, 0.717) is 23.2 Å². The van der Waals surface area contributed by atoms with Crippen molar-refractivity contribution >= 4 is 27.3 Å². The van der Waals surface area contributed by atoms with Crippen LogP contribution < -0.4 is 9.62 Å².